The van der Waals surface area contributed by atoms with Crippen LogP contribution in [0.1, 0.15) is 5.76 Å². The summed E-state index contributed by atoms with van der Waals surface area (Å²) in [7, 11) is 0. The summed E-state index contributed by atoms with van der Waals surface area (Å²) in [4.78, 5) is 27.6. The molecule has 0 fully saturated rings. The fourth-order valence-corrected chi connectivity index (χ4v) is 3.80. The van der Waals surface area contributed by atoms with E-state index >= 15 is 0 Å². The first-order chi connectivity index (χ1) is 17.4. The lowest BCUT2D eigenvalue weighted by atomic mass is 10.1. The smallest absolute Gasteiger partial charge is 0.280 e. The Kier molecular flexibility index (Phi) is 6.05. The molecule has 178 valence electrons. The molecule has 1 amide bonds. The molecule has 5 rings (SSSR count). The molecule has 2 heterocycles. The second kappa shape index (κ2) is 9.47. The molecule has 5 aromatic rings. The topological polar surface area (TPSA) is 111 Å². The number of para-hydroxylation sites is 1. The SMILES string of the molecule is O=C(/C=C/c1ccc(-c2ccccc2[N+](=O)[O-])o1)Nc1ccc2oc(-c3ccc(F)cc3Cl)nc2c1. The van der Waals surface area contributed by atoms with Crippen LogP contribution in [0.2, 0.25) is 5.02 Å². The van der Waals surface area contributed by atoms with E-state index in [9.17, 15) is 19.3 Å². The molecule has 0 radical (unpaired) electrons. The fraction of sp³-hybridized carbons (Fsp3) is 0. The van der Waals surface area contributed by atoms with Gasteiger partial charge in [0.2, 0.25) is 11.8 Å². The van der Waals surface area contributed by atoms with Gasteiger partial charge < -0.3 is 14.2 Å². The van der Waals surface area contributed by atoms with E-state index in [1.165, 1.54) is 36.4 Å². The zero-order chi connectivity index (χ0) is 25.2. The Morgan fingerprint density at radius 3 is 2.67 bits per heavy atom. The van der Waals surface area contributed by atoms with Crippen LogP contribution in [-0.2, 0) is 4.79 Å². The number of benzene rings is 3. The first-order valence-corrected chi connectivity index (χ1v) is 10.9. The Morgan fingerprint density at radius 2 is 1.86 bits per heavy atom. The number of nitro groups is 1. The summed E-state index contributed by atoms with van der Waals surface area (Å²) in [5.41, 5.74) is 2.13. The standard InChI is InChI=1S/C26H15ClFN3O5/c27-20-13-15(28)5-9-18(20)26-30-21-14-16(6-10-24(21)36-26)29-25(32)12-8-17-7-11-23(35-17)19-3-1-2-4-22(19)31(33)34/h1-14H,(H,29,32)/b12-8+. The van der Waals surface area contributed by atoms with Gasteiger partial charge in [0, 0.05) is 17.8 Å². The number of oxazole rings is 1. The van der Waals surface area contributed by atoms with Crippen molar-refractivity contribution in [2.24, 2.45) is 0 Å². The molecule has 0 atom stereocenters. The van der Waals surface area contributed by atoms with Crippen LogP contribution >= 0.6 is 11.6 Å². The molecular weight excluding hydrogens is 489 g/mol. The van der Waals surface area contributed by atoms with Crippen LogP contribution in [-0.4, -0.2) is 15.8 Å². The molecule has 0 aliphatic rings. The van der Waals surface area contributed by atoms with Crippen molar-refractivity contribution < 1.29 is 22.9 Å². The Balaban J connectivity index is 1.30. The number of amides is 1. The number of fused-ring (bicyclic) bond motifs is 1. The van der Waals surface area contributed by atoms with Gasteiger partial charge >= 0.3 is 0 Å². The van der Waals surface area contributed by atoms with Crippen LogP contribution in [0.25, 0.3) is 40.0 Å². The van der Waals surface area contributed by atoms with Crippen molar-refractivity contribution in [2.75, 3.05) is 5.32 Å². The highest BCUT2D eigenvalue weighted by Gasteiger charge is 2.17. The molecule has 8 nitrogen and oxygen atoms in total. The molecule has 0 bridgehead atoms. The highest BCUT2D eigenvalue weighted by atomic mass is 35.5. The molecule has 0 saturated heterocycles. The molecule has 0 unspecified atom stereocenters. The summed E-state index contributed by atoms with van der Waals surface area (Å²) < 4.78 is 24.7. The van der Waals surface area contributed by atoms with E-state index < -0.39 is 16.6 Å². The van der Waals surface area contributed by atoms with Crippen LogP contribution < -0.4 is 5.32 Å². The number of carbonyl (C=O) groups is 1. The van der Waals surface area contributed by atoms with Crippen LogP contribution in [0.5, 0.6) is 0 Å². The molecule has 10 heteroatoms. The molecule has 36 heavy (non-hydrogen) atoms. The summed E-state index contributed by atoms with van der Waals surface area (Å²) in [5, 5.41) is 14.1. The predicted octanol–water partition coefficient (Wildman–Crippen LogP) is 7.11. The van der Waals surface area contributed by atoms with Gasteiger partial charge in [-0.3, -0.25) is 14.9 Å². The van der Waals surface area contributed by atoms with E-state index in [1.54, 1.807) is 48.5 Å². The first kappa shape index (κ1) is 23.0. The lowest BCUT2D eigenvalue weighted by Gasteiger charge is -2.01. The number of hydrogen-bond donors (Lipinski definition) is 1. The number of hydrogen-bond acceptors (Lipinski definition) is 6. The first-order valence-electron chi connectivity index (χ1n) is 10.6. The van der Waals surface area contributed by atoms with E-state index in [1.807, 2.05) is 0 Å². The normalized spacial score (nSPS) is 11.3. The number of carbonyl (C=O) groups excluding carboxylic acids is 1. The summed E-state index contributed by atoms with van der Waals surface area (Å²) >= 11 is 6.09. The number of rotatable bonds is 6. The minimum Gasteiger partial charge on any atom is -0.456 e. The van der Waals surface area contributed by atoms with Crippen molar-refractivity contribution in [2.45, 2.75) is 0 Å². The zero-order valence-electron chi connectivity index (χ0n) is 18.3. The van der Waals surface area contributed by atoms with Gasteiger partial charge in [0.05, 0.1) is 21.1 Å². The van der Waals surface area contributed by atoms with E-state index in [4.69, 9.17) is 20.4 Å². The number of nitrogens with zero attached hydrogens (tertiary/aromatic N) is 2. The molecular formula is C26H15ClFN3O5. The van der Waals surface area contributed by atoms with Crippen LogP contribution in [0.15, 0.2) is 87.7 Å². The zero-order valence-corrected chi connectivity index (χ0v) is 19.0. The van der Waals surface area contributed by atoms with Gasteiger partial charge in [-0.05, 0) is 60.7 Å². The lowest BCUT2D eigenvalue weighted by molar-refractivity contribution is -0.384. The van der Waals surface area contributed by atoms with Crippen LogP contribution in [0, 0.1) is 15.9 Å². The summed E-state index contributed by atoms with van der Waals surface area (Å²) in [6.07, 6.45) is 2.73. The quantitative estimate of drug-likeness (QED) is 0.150. The molecule has 3 aromatic carbocycles. The van der Waals surface area contributed by atoms with Crippen molar-refractivity contribution in [3.05, 3.63) is 106 Å². The third kappa shape index (κ3) is 4.73. The summed E-state index contributed by atoms with van der Waals surface area (Å²) in [5.74, 6) is 0.000908. The maximum atomic E-state index is 13.3. The van der Waals surface area contributed by atoms with Gasteiger partial charge in [-0.15, -0.1) is 0 Å². The molecule has 1 N–H and O–H groups in total. The largest absolute Gasteiger partial charge is 0.456 e. The minimum atomic E-state index is -0.482. The Morgan fingerprint density at radius 1 is 1.03 bits per heavy atom. The fourth-order valence-electron chi connectivity index (χ4n) is 3.55. The monoisotopic (exact) mass is 503 g/mol. The van der Waals surface area contributed by atoms with Crippen molar-refractivity contribution in [1.82, 2.24) is 4.98 Å². The second-order valence-electron chi connectivity index (χ2n) is 7.62. The van der Waals surface area contributed by atoms with Gasteiger partial charge in [-0.2, -0.15) is 0 Å². The predicted molar refractivity (Wildman–Crippen MR) is 133 cm³/mol. The van der Waals surface area contributed by atoms with Gasteiger partial charge in [0.25, 0.3) is 5.69 Å². The average Bonchev–Trinajstić information content (AvgIpc) is 3.49. The van der Waals surface area contributed by atoms with E-state index in [0.29, 0.717) is 39.4 Å². The number of nitrogens with one attached hydrogen (secondary N) is 1. The van der Waals surface area contributed by atoms with Crippen molar-refractivity contribution in [3.63, 3.8) is 0 Å². The highest BCUT2D eigenvalue weighted by Crippen LogP contribution is 2.32. The van der Waals surface area contributed by atoms with Crippen LogP contribution in [0.3, 0.4) is 0 Å². The van der Waals surface area contributed by atoms with Crippen molar-refractivity contribution in [1.29, 1.82) is 0 Å². The van der Waals surface area contributed by atoms with Gasteiger partial charge in [-0.25, -0.2) is 9.37 Å². The van der Waals surface area contributed by atoms with E-state index in [0.717, 1.165) is 0 Å². The van der Waals surface area contributed by atoms with Gasteiger partial charge in [-0.1, -0.05) is 23.7 Å². The number of furan rings is 1. The van der Waals surface area contributed by atoms with Gasteiger partial charge in [0.1, 0.15) is 22.9 Å². The third-order valence-electron chi connectivity index (χ3n) is 5.21. The molecule has 0 aliphatic heterocycles. The molecule has 0 spiro atoms. The van der Waals surface area contributed by atoms with Crippen LogP contribution in [0.4, 0.5) is 15.8 Å². The Hall–Kier alpha value is -4.76. The van der Waals surface area contributed by atoms with Gasteiger partial charge in [0.15, 0.2) is 5.58 Å². The van der Waals surface area contributed by atoms with E-state index in [-0.39, 0.29) is 16.6 Å². The average molecular weight is 504 g/mol. The molecule has 2 aromatic heterocycles. The minimum absolute atomic E-state index is 0.0757. The molecule has 0 aliphatic carbocycles. The molecule has 0 saturated carbocycles. The number of nitro benzene ring substituents is 1. The number of halogens is 2. The third-order valence-corrected chi connectivity index (χ3v) is 5.52. The maximum absolute atomic E-state index is 13.3. The second-order valence-corrected chi connectivity index (χ2v) is 8.03. The Bertz CT molecular complexity index is 1660. The van der Waals surface area contributed by atoms with Crippen molar-refractivity contribution >= 4 is 46.1 Å². The number of aromatic nitrogens is 1. The maximum Gasteiger partial charge on any atom is 0.280 e. The number of anilines is 1. The summed E-state index contributed by atoms with van der Waals surface area (Å²) in [6, 6.07) is 18.3. The van der Waals surface area contributed by atoms with E-state index in [2.05, 4.69) is 10.3 Å². The Labute approximate surface area is 207 Å². The highest BCUT2D eigenvalue weighted by molar-refractivity contribution is 6.33. The lowest BCUT2D eigenvalue weighted by Crippen LogP contribution is -2.07. The van der Waals surface area contributed by atoms with Crippen molar-refractivity contribution in [3.8, 4) is 22.8 Å². The summed E-state index contributed by atoms with van der Waals surface area (Å²) in [6.45, 7) is 0.